The SMILES string of the molecule is Cc1ccc(NCCC(=O)Nc2ccc(Cl)cc2C)cc1C. The van der Waals surface area contributed by atoms with Gasteiger partial charge in [-0.05, 0) is 67.8 Å². The summed E-state index contributed by atoms with van der Waals surface area (Å²) in [5.41, 5.74) is 5.31. The van der Waals surface area contributed by atoms with E-state index >= 15 is 0 Å². The van der Waals surface area contributed by atoms with Crippen LogP contribution in [0, 0.1) is 20.8 Å². The van der Waals surface area contributed by atoms with E-state index in [1.807, 2.05) is 25.1 Å². The van der Waals surface area contributed by atoms with Crippen LogP contribution in [0.2, 0.25) is 5.02 Å². The number of carbonyl (C=O) groups is 1. The number of halogens is 1. The third-order valence-corrected chi connectivity index (χ3v) is 3.89. The first-order valence-corrected chi connectivity index (χ1v) is 7.70. The normalized spacial score (nSPS) is 10.4. The Morgan fingerprint density at radius 3 is 2.45 bits per heavy atom. The zero-order chi connectivity index (χ0) is 16.1. The van der Waals surface area contributed by atoms with Gasteiger partial charge >= 0.3 is 0 Å². The lowest BCUT2D eigenvalue weighted by Gasteiger charge is -2.10. The summed E-state index contributed by atoms with van der Waals surface area (Å²) >= 11 is 5.91. The second-order valence-corrected chi connectivity index (χ2v) is 5.92. The number of carbonyl (C=O) groups excluding carboxylic acids is 1. The van der Waals surface area contributed by atoms with Gasteiger partial charge in [0, 0.05) is 29.4 Å². The van der Waals surface area contributed by atoms with Crippen LogP contribution in [0.1, 0.15) is 23.1 Å². The Morgan fingerprint density at radius 2 is 1.77 bits per heavy atom. The number of rotatable bonds is 5. The van der Waals surface area contributed by atoms with Crippen molar-refractivity contribution < 1.29 is 4.79 Å². The van der Waals surface area contributed by atoms with Crippen molar-refractivity contribution in [2.75, 3.05) is 17.2 Å². The van der Waals surface area contributed by atoms with Gasteiger partial charge < -0.3 is 10.6 Å². The van der Waals surface area contributed by atoms with Gasteiger partial charge in [0.15, 0.2) is 0 Å². The Bertz CT molecular complexity index is 683. The lowest BCUT2D eigenvalue weighted by molar-refractivity contribution is -0.115. The number of anilines is 2. The first-order chi connectivity index (χ1) is 10.5. The van der Waals surface area contributed by atoms with E-state index in [-0.39, 0.29) is 5.91 Å². The first kappa shape index (κ1) is 16.4. The lowest BCUT2D eigenvalue weighted by Crippen LogP contribution is -2.16. The summed E-state index contributed by atoms with van der Waals surface area (Å²) in [5, 5.41) is 6.85. The van der Waals surface area contributed by atoms with E-state index in [0.717, 1.165) is 16.9 Å². The van der Waals surface area contributed by atoms with Crippen molar-refractivity contribution in [3.8, 4) is 0 Å². The third kappa shape index (κ3) is 4.50. The monoisotopic (exact) mass is 316 g/mol. The second-order valence-electron chi connectivity index (χ2n) is 5.48. The molecule has 2 N–H and O–H groups in total. The molecular weight excluding hydrogens is 296 g/mol. The number of hydrogen-bond donors (Lipinski definition) is 2. The summed E-state index contributed by atoms with van der Waals surface area (Å²) in [6.45, 7) is 6.69. The molecule has 0 heterocycles. The fourth-order valence-corrected chi connectivity index (χ4v) is 2.38. The van der Waals surface area contributed by atoms with Gasteiger partial charge in [0.1, 0.15) is 0 Å². The van der Waals surface area contributed by atoms with E-state index in [0.29, 0.717) is 18.0 Å². The van der Waals surface area contributed by atoms with Gasteiger partial charge in [-0.1, -0.05) is 17.7 Å². The number of nitrogens with one attached hydrogen (secondary N) is 2. The van der Waals surface area contributed by atoms with Crippen LogP contribution in [0.15, 0.2) is 36.4 Å². The zero-order valence-corrected chi connectivity index (χ0v) is 13.9. The average molecular weight is 317 g/mol. The van der Waals surface area contributed by atoms with E-state index < -0.39 is 0 Å². The maximum atomic E-state index is 12.0. The third-order valence-electron chi connectivity index (χ3n) is 3.65. The molecule has 0 aliphatic carbocycles. The first-order valence-electron chi connectivity index (χ1n) is 7.33. The summed E-state index contributed by atoms with van der Waals surface area (Å²) in [4.78, 5) is 12.0. The van der Waals surface area contributed by atoms with Gasteiger partial charge in [-0.3, -0.25) is 4.79 Å². The minimum atomic E-state index is -0.0123. The Labute approximate surface area is 136 Å². The quantitative estimate of drug-likeness (QED) is 0.839. The minimum Gasteiger partial charge on any atom is -0.385 e. The fraction of sp³-hybridized carbons (Fsp3) is 0.278. The van der Waals surface area contributed by atoms with Crippen molar-refractivity contribution in [1.29, 1.82) is 0 Å². The van der Waals surface area contributed by atoms with E-state index in [4.69, 9.17) is 11.6 Å². The highest BCUT2D eigenvalue weighted by Crippen LogP contribution is 2.19. The highest BCUT2D eigenvalue weighted by atomic mass is 35.5. The highest BCUT2D eigenvalue weighted by molar-refractivity contribution is 6.30. The van der Waals surface area contributed by atoms with Crippen LogP contribution in [0.3, 0.4) is 0 Å². The van der Waals surface area contributed by atoms with Crippen molar-refractivity contribution in [2.45, 2.75) is 27.2 Å². The number of benzene rings is 2. The molecule has 2 rings (SSSR count). The van der Waals surface area contributed by atoms with Crippen LogP contribution in [0.5, 0.6) is 0 Å². The average Bonchev–Trinajstić information content (AvgIpc) is 2.46. The zero-order valence-electron chi connectivity index (χ0n) is 13.2. The summed E-state index contributed by atoms with van der Waals surface area (Å²) in [5.74, 6) is -0.0123. The summed E-state index contributed by atoms with van der Waals surface area (Å²) in [6, 6.07) is 11.6. The molecule has 0 fully saturated rings. The van der Waals surface area contributed by atoms with Crippen molar-refractivity contribution in [2.24, 2.45) is 0 Å². The molecule has 0 unspecified atom stereocenters. The standard InChI is InChI=1S/C18H21ClN2O/c1-12-4-6-16(11-13(12)2)20-9-8-18(22)21-17-7-5-15(19)10-14(17)3/h4-7,10-11,20H,8-9H2,1-3H3,(H,21,22). The largest absolute Gasteiger partial charge is 0.385 e. The van der Waals surface area contributed by atoms with Crippen molar-refractivity contribution in [3.63, 3.8) is 0 Å². The smallest absolute Gasteiger partial charge is 0.226 e. The molecule has 2 aromatic carbocycles. The molecule has 0 atom stereocenters. The van der Waals surface area contributed by atoms with E-state index in [1.165, 1.54) is 11.1 Å². The van der Waals surface area contributed by atoms with Gasteiger partial charge in [-0.2, -0.15) is 0 Å². The van der Waals surface area contributed by atoms with Gasteiger partial charge in [0.2, 0.25) is 5.91 Å². The molecule has 116 valence electrons. The van der Waals surface area contributed by atoms with Crippen LogP contribution in [0.25, 0.3) is 0 Å². The van der Waals surface area contributed by atoms with Crippen molar-refractivity contribution in [3.05, 3.63) is 58.1 Å². The molecule has 2 aromatic rings. The predicted molar refractivity (Wildman–Crippen MR) is 93.8 cm³/mol. The van der Waals surface area contributed by atoms with Gasteiger partial charge in [0.05, 0.1) is 0 Å². The minimum absolute atomic E-state index is 0.0123. The van der Waals surface area contributed by atoms with Crippen LogP contribution >= 0.6 is 11.6 Å². The molecule has 0 saturated heterocycles. The molecule has 0 spiro atoms. The number of aryl methyl sites for hydroxylation is 3. The van der Waals surface area contributed by atoms with E-state index in [1.54, 1.807) is 6.07 Å². The molecule has 0 aliphatic heterocycles. The lowest BCUT2D eigenvalue weighted by atomic mass is 10.1. The molecule has 0 saturated carbocycles. The highest BCUT2D eigenvalue weighted by Gasteiger charge is 2.05. The topological polar surface area (TPSA) is 41.1 Å². The van der Waals surface area contributed by atoms with Crippen molar-refractivity contribution >= 4 is 28.9 Å². The van der Waals surface area contributed by atoms with Gasteiger partial charge in [-0.15, -0.1) is 0 Å². The fourth-order valence-electron chi connectivity index (χ4n) is 2.15. The predicted octanol–water partition coefficient (Wildman–Crippen LogP) is 4.71. The van der Waals surface area contributed by atoms with E-state index in [2.05, 4.69) is 36.6 Å². The van der Waals surface area contributed by atoms with Gasteiger partial charge in [-0.25, -0.2) is 0 Å². The molecule has 0 aromatic heterocycles. The van der Waals surface area contributed by atoms with Crippen molar-refractivity contribution in [1.82, 2.24) is 0 Å². The molecule has 0 radical (unpaired) electrons. The Morgan fingerprint density at radius 1 is 1.00 bits per heavy atom. The molecule has 0 bridgehead atoms. The van der Waals surface area contributed by atoms with E-state index in [9.17, 15) is 4.79 Å². The number of amides is 1. The van der Waals surface area contributed by atoms with Crippen LogP contribution in [-0.4, -0.2) is 12.5 Å². The molecular formula is C18H21ClN2O. The van der Waals surface area contributed by atoms with Crippen LogP contribution in [0.4, 0.5) is 11.4 Å². The Balaban J connectivity index is 1.83. The maximum Gasteiger partial charge on any atom is 0.226 e. The molecule has 0 aliphatic rings. The Hall–Kier alpha value is -2.00. The summed E-state index contributed by atoms with van der Waals surface area (Å²) in [6.07, 6.45) is 0.412. The summed E-state index contributed by atoms with van der Waals surface area (Å²) < 4.78 is 0. The Kier molecular flexibility index (Phi) is 5.45. The van der Waals surface area contributed by atoms with Gasteiger partial charge in [0.25, 0.3) is 0 Å². The number of hydrogen-bond acceptors (Lipinski definition) is 2. The molecule has 3 nitrogen and oxygen atoms in total. The molecule has 4 heteroatoms. The second kappa shape index (κ2) is 7.32. The molecule has 22 heavy (non-hydrogen) atoms. The van der Waals surface area contributed by atoms with Crippen LogP contribution in [-0.2, 0) is 4.79 Å². The molecule has 1 amide bonds. The maximum absolute atomic E-state index is 12.0. The van der Waals surface area contributed by atoms with Crippen LogP contribution < -0.4 is 10.6 Å². The summed E-state index contributed by atoms with van der Waals surface area (Å²) in [7, 11) is 0.